The molecule has 2 aromatic rings. The second-order valence-electron chi connectivity index (χ2n) is 20.1. The third-order valence-corrected chi connectivity index (χ3v) is 14.2. The van der Waals surface area contributed by atoms with Gasteiger partial charge >= 0.3 is 30.0 Å². The van der Waals surface area contributed by atoms with Crippen molar-refractivity contribution in [2.45, 2.75) is 142 Å². The van der Waals surface area contributed by atoms with Crippen LogP contribution in [0.1, 0.15) is 104 Å². The number of nitrogens with zero attached hydrogens (tertiary/aromatic N) is 3. The minimum absolute atomic E-state index is 0.00480. The van der Waals surface area contributed by atoms with Crippen LogP contribution in [0.25, 0.3) is 10.4 Å². The molecule has 21 heteroatoms. The molecule has 0 spiro atoms. The van der Waals surface area contributed by atoms with Crippen LogP contribution >= 0.6 is 0 Å². The number of ketones is 1. The Labute approximate surface area is 409 Å². The van der Waals surface area contributed by atoms with E-state index >= 15 is 4.79 Å². The van der Waals surface area contributed by atoms with Crippen molar-refractivity contribution in [3.63, 3.8) is 0 Å². The highest BCUT2D eigenvalue weighted by Gasteiger charge is 2.78. The van der Waals surface area contributed by atoms with Gasteiger partial charge in [-0.05, 0) is 82.8 Å². The van der Waals surface area contributed by atoms with E-state index < -0.39 is 137 Å². The number of ether oxygens (including phenoxy) is 6. The number of rotatable bonds is 13. The molecule has 2 amide bonds. The lowest BCUT2D eigenvalue weighted by molar-refractivity contribution is -0.346. The summed E-state index contributed by atoms with van der Waals surface area (Å²) in [5, 5.41) is 46.8. The van der Waals surface area contributed by atoms with E-state index in [1.54, 1.807) is 58.0 Å². The molecule has 0 aromatic heterocycles. The summed E-state index contributed by atoms with van der Waals surface area (Å²) >= 11 is 0. The van der Waals surface area contributed by atoms with E-state index in [0.29, 0.717) is 5.56 Å². The second kappa shape index (κ2) is 20.2. The SMILES string of the molecule is C/C=C(\C)C(=O)N[C@@H](c1ccccc1)[C@@H](O)C(=O)O[C@H]1C[C@@]2(O)[C@@H](OC(=O)c3cccc(N=[N+]=[N-])c3)[C@@H]3[C@]4(OC(C)=O)CO[C@@H]4C[C@H](OC(=O)CNC(=O)OC(C)(C)C)[C@@]3(C)C(=O)[C@H](O)C(=C1C)C2(C)C. The minimum Gasteiger partial charge on any atom is -0.460 e. The van der Waals surface area contributed by atoms with Crippen LogP contribution in [0, 0.1) is 16.7 Å². The van der Waals surface area contributed by atoms with Gasteiger partial charge in [0.1, 0.15) is 48.3 Å². The van der Waals surface area contributed by atoms with E-state index in [4.69, 9.17) is 28.4 Å². The third kappa shape index (κ3) is 10.1. The fourth-order valence-corrected chi connectivity index (χ4v) is 10.5. The molecule has 6 rings (SSSR count). The normalized spacial score (nSPS) is 29.6. The quantitative estimate of drug-likeness (QED) is 0.0341. The number of nitrogens with one attached hydrogen (secondary N) is 2. The fourth-order valence-electron chi connectivity index (χ4n) is 10.5. The van der Waals surface area contributed by atoms with Gasteiger partial charge in [-0.15, -0.1) is 0 Å². The van der Waals surface area contributed by atoms with Crippen molar-refractivity contribution in [3.8, 4) is 0 Å². The number of aliphatic hydroxyl groups is 3. The van der Waals surface area contributed by atoms with Gasteiger partial charge in [-0.25, -0.2) is 14.4 Å². The number of allylic oxidation sites excluding steroid dienone is 1. The first-order valence-corrected chi connectivity index (χ1v) is 23.0. The van der Waals surface area contributed by atoms with Gasteiger partial charge in [0, 0.05) is 41.4 Å². The van der Waals surface area contributed by atoms with E-state index in [0.717, 1.165) is 6.92 Å². The summed E-state index contributed by atoms with van der Waals surface area (Å²) in [6.45, 7) is 13.6. The summed E-state index contributed by atoms with van der Waals surface area (Å²) in [6.07, 6.45) is -11.1. The molecule has 2 aromatic carbocycles. The minimum atomic E-state index is -2.56. The van der Waals surface area contributed by atoms with Crippen LogP contribution in [0.2, 0.25) is 0 Å². The lowest BCUT2D eigenvalue weighted by Crippen LogP contribution is -2.82. The molecule has 2 saturated carbocycles. The molecular weight excluding hydrogens is 927 g/mol. The van der Waals surface area contributed by atoms with E-state index in [1.165, 1.54) is 65.0 Å². The van der Waals surface area contributed by atoms with Gasteiger partial charge in [0.25, 0.3) is 0 Å². The molecule has 0 radical (unpaired) electrons. The summed E-state index contributed by atoms with van der Waals surface area (Å²) in [5.74, 6) is -7.79. The number of carbonyl (C=O) groups is 7. The molecule has 5 N–H and O–H groups in total. The molecule has 1 heterocycles. The van der Waals surface area contributed by atoms with Gasteiger partial charge in [-0.2, -0.15) is 0 Å². The van der Waals surface area contributed by atoms with Crippen LogP contribution in [0.5, 0.6) is 0 Å². The Morgan fingerprint density at radius 3 is 2.28 bits per heavy atom. The summed E-state index contributed by atoms with van der Waals surface area (Å²) in [7, 11) is 0. The predicted octanol–water partition coefficient (Wildman–Crippen LogP) is 4.83. The monoisotopic (exact) mass is 987 g/mol. The van der Waals surface area contributed by atoms with E-state index in [-0.39, 0.29) is 34.4 Å². The first kappa shape index (κ1) is 53.7. The zero-order chi connectivity index (χ0) is 52.6. The van der Waals surface area contributed by atoms with Crippen molar-refractivity contribution < 1.29 is 77.3 Å². The smallest absolute Gasteiger partial charge is 0.408 e. The number of alkyl carbamates (subject to hydrolysis) is 1. The number of benzene rings is 2. The summed E-state index contributed by atoms with van der Waals surface area (Å²) < 4.78 is 35.9. The molecule has 1 aliphatic heterocycles. The van der Waals surface area contributed by atoms with E-state index in [2.05, 4.69) is 20.7 Å². The van der Waals surface area contributed by atoms with Gasteiger partial charge in [-0.1, -0.05) is 67.5 Å². The van der Waals surface area contributed by atoms with Gasteiger partial charge < -0.3 is 54.4 Å². The summed E-state index contributed by atoms with van der Waals surface area (Å²) in [5.41, 5.74) is -0.0197. The van der Waals surface area contributed by atoms with Crippen molar-refractivity contribution in [1.29, 1.82) is 0 Å². The standard InChI is InChI=1S/C50H61N5O16/c1-11-25(2)42(61)53-36(28-16-13-12-14-17-28)38(59)44(63)67-31-22-50(65)41(69-43(62)29-18-15-19-30(20-29)54-55-51)39-48(10,40(60)37(58)35(26(31)3)47(50,8)9)32(21-33-49(39,24-66-33)70-27(4)56)68-34(57)23-52-45(64)71-46(5,6)7/h11-20,31-33,36-39,41,58-59,65H,21-24H2,1-10H3,(H,52,64)(H,53,61)/b25-11+/t31-,32-,33+,36-,37+,38+,39-,41-,48+,49-,50+/m0/s1. The van der Waals surface area contributed by atoms with Crippen molar-refractivity contribution >= 4 is 47.3 Å². The Balaban J connectivity index is 1.53. The number of azide groups is 1. The Kier molecular flexibility index (Phi) is 15.3. The van der Waals surface area contributed by atoms with Crippen molar-refractivity contribution in [1.82, 2.24) is 10.6 Å². The highest BCUT2D eigenvalue weighted by molar-refractivity contribution is 5.95. The zero-order valence-corrected chi connectivity index (χ0v) is 41.2. The Hall–Kier alpha value is -6.64. The number of amides is 2. The maximum absolute atomic E-state index is 15.7. The Morgan fingerprint density at radius 2 is 1.69 bits per heavy atom. The van der Waals surface area contributed by atoms with Crippen molar-refractivity contribution in [3.05, 3.63) is 99.0 Å². The molecule has 3 aliphatic carbocycles. The number of carbonyl (C=O) groups excluding carboxylic acids is 7. The van der Waals surface area contributed by atoms with Crippen molar-refractivity contribution in [2.75, 3.05) is 13.2 Å². The average Bonchev–Trinajstić information content (AvgIpc) is 3.30. The molecule has 1 saturated heterocycles. The highest BCUT2D eigenvalue weighted by atomic mass is 16.6. The van der Waals surface area contributed by atoms with Gasteiger partial charge in [-0.3, -0.25) is 19.2 Å². The first-order valence-electron chi connectivity index (χ1n) is 23.0. The molecule has 11 atom stereocenters. The van der Waals surface area contributed by atoms with Gasteiger partial charge in [0.15, 0.2) is 17.5 Å². The number of Topliss-reactive ketones (excluding diaryl/α,β-unsaturated/α-hetero) is 1. The molecule has 71 heavy (non-hydrogen) atoms. The van der Waals surface area contributed by atoms with Crippen LogP contribution in [0.3, 0.4) is 0 Å². The second-order valence-corrected chi connectivity index (χ2v) is 20.1. The lowest BCUT2D eigenvalue weighted by atomic mass is 9.44. The van der Waals surface area contributed by atoms with Crippen LogP contribution in [-0.4, -0.2) is 124 Å². The van der Waals surface area contributed by atoms with Crippen LogP contribution in [0.15, 0.2) is 82.5 Å². The maximum atomic E-state index is 15.7. The zero-order valence-electron chi connectivity index (χ0n) is 41.2. The van der Waals surface area contributed by atoms with Gasteiger partial charge in [0.05, 0.1) is 29.5 Å². The first-order chi connectivity index (χ1) is 33.2. The number of fused-ring (bicyclic) bond motifs is 5. The Morgan fingerprint density at radius 1 is 1.01 bits per heavy atom. The molecule has 3 fully saturated rings. The highest BCUT2D eigenvalue weighted by Crippen LogP contribution is 2.64. The topological polar surface area (TPSA) is 308 Å². The van der Waals surface area contributed by atoms with E-state index in [9.17, 15) is 49.6 Å². The largest absolute Gasteiger partial charge is 0.460 e. The maximum Gasteiger partial charge on any atom is 0.408 e. The Bertz CT molecular complexity index is 2590. The predicted molar refractivity (Wildman–Crippen MR) is 249 cm³/mol. The molecule has 21 nitrogen and oxygen atoms in total. The van der Waals surface area contributed by atoms with Gasteiger partial charge in [0.2, 0.25) is 5.91 Å². The third-order valence-electron chi connectivity index (χ3n) is 14.2. The van der Waals surface area contributed by atoms with E-state index in [1.807, 2.05) is 0 Å². The number of hydrogen-bond donors (Lipinski definition) is 5. The lowest BCUT2D eigenvalue weighted by Gasteiger charge is -2.67. The van der Waals surface area contributed by atoms with Crippen LogP contribution < -0.4 is 10.6 Å². The molecule has 382 valence electrons. The summed E-state index contributed by atoms with van der Waals surface area (Å²) in [6, 6.07) is 12.1. The van der Waals surface area contributed by atoms with Crippen molar-refractivity contribution in [2.24, 2.45) is 21.9 Å². The molecule has 2 bridgehead atoms. The molecule has 4 aliphatic rings. The van der Waals surface area contributed by atoms with Crippen LogP contribution in [-0.2, 0) is 52.4 Å². The number of hydrogen-bond acceptors (Lipinski definition) is 17. The average molecular weight is 988 g/mol. The molecular formula is C50H61N5O16. The fraction of sp³-hybridized carbons (Fsp3) is 0.540. The molecule has 0 unspecified atom stereocenters. The summed E-state index contributed by atoms with van der Waals surface area (Å²) in [4.78, 5) is 100. The number of aliphatic hydroxyl groups excluding tert-OH is 2. The van der Waals surface area contributed by atoms with Crippen LogP contribution in [0.4, 0.5) is 10.5 Å². The number of esters is 4.